The second kappa shape index (κ2) is 5.85. The molecule has 0 spiro atoms. The zero-order valence-electron chi connectivity index (χ0n) is 10.6. The van der Waals surface area contributed by atoms with E-state index in [1.165, 1.54) is 6.07 Å². The predicted octanol–water partition coefficient (Wildman–Crippen LogP) is 4.06. The number of nitrogens with one attached hydrogen (secondary N) is 1. The van der Waals surface area contributed by atoms with Crippen LogP contribution in [0.2, 0.25) is 0 Å². The predicted molar refractivity (Wildman–Crippen MR) is 87.1 cm³/mol. The third-order valence-corrected chi connectivity index (χ3v) is 3.83. The molecule has 2 rings (SSSR count). The van der Waals surface area contributed by atoms with E-state index < -0.39 is 5.91 Å². The van der Waals surface area contributed by atoms with Crippen LogP contribution in [0, 0.1) is 6.92 Å². The van der Waals surface area contributed by atoms with E-state index in [0.29, 0.717) is 20.3 Å². The van der Waals surface area contributed by atoms with E-state index in [1.807, 2.05) is 13.0 Å². The van der Waals surface area contributed by atoms with Crippen molar-refractivity contribution >= 4 is 49.1 Å². The fourth-order valence-corrected chi connectivity index (χ4v) is 2.82. The summed E-state index contributed by atoms with van der Waals surface area (Å²) in [7, 11) is 0. The Labute approximate surface area is 133 Å². The molecule has 4 N–H and O–H groups in total. The molecule has 1 amide bonds. The number of benzene rings is 2. The van der Waals surface area contributed by atoms with Gasteiger partial charge in [0.05, 0.1) is 16.9 Å². The number of rotatable bonds is 2. The van der Waals surface area contributed by atoms with Crippen LogP contribution in [0.4, 0.5) is 11.4 Å². The number of aromatic hydroxyl groups is 1. The van der Waals surface area contributed by atoms with Gasteiger partial charge in [0.1, 0.15) is 5.75 Å². The molecule has 0 atom stereocenters. The zero-order chi connectivity index (χ0) is 14.9. The van der Waals surface area contributed by atoms with Crippen LogP contribution in [0.5, 0.6) is 5.75 Å². The molecule has 0 aliphatic heterocycles. The number of halogens is 2. The van der Waals surface area contributed by atoms with Crippen LogP contribution in [0.1, 0.15) is 15.9 Å². The summed E-state index contributed by atoms with van der Waals surface area (Å²) in [6, 6.07) is 8.27. The zero-order valence-corrected chi connectivity index (χ0v) is 13.7. The Kier molecular flexibility index (Phi) is 4.35. The van der Waals surface area contributed by atoms with Gasteiger partial charge in [0, 0.05) is 8.95 Å². The van der Waals surface area contributed by atoms with Gasteiger partial charge in [0.25, 0.3) is 5.91 Å². The summed E-state index contributed by atoms with van der Waals surface area (Å²) in [5.74, 6) is -0.521. The van der Waals surface area contributed by atoms with Crippen molar-refractivity contribution in [1.82, 2.24) is 0 Å². The highest BCUT2D eigenvalue weighted by Crippen LogP contribution is 2.31. The standard InChI is InChI=1S/C14H12Br2N2O2/c1-7-4-10(16)13(11(17)5-7)18-14(20)9-6-8(15)2-3-12(9)19/h2-6,19H,17H2,1H3,(H,18,20). The Balaban J connectivity index is 2.35. The van der Waals surface area contributed by atoms with E-state index in [9.17, 15) is 9.90 Å². The van der Waals surface area contributed by atoms with Crippen LogP contribution in [0.15, 0.2) is 39.3 Å². The highest BCUT2D eigenvalue weighted by atomic mass is 79.9. The lowest BCUT2D eigenvalue weighted by atomic mass is 10.1. The van der Waals surface area contributed by atoms with Crippen LogP contribution < -0.4 is 11.1 Å². The minimum atomic E-state index is -0.431. The first-order valence-corrected chi connectivity index (χ1v) is 7.32. The van der Waals surface area contributed by atoms with Crippen LogP contribution >= 0.6 is 31.9 Å². The smallest absolute Gasteiger partial charge is 0.259 e. The Hall–Kier alpha value is -1.53. The average molecular weight is 400 g/mol. The van der Waals surface area contributed by atoms with Gasteiger partial charge in [0.2, 0.25) is 0 Å². The van der Waals surface area contributed by atoms with Crippen molar-refractivity contribution in [3.63, 3.8) is 0 Å². The number of carbonyl (C=O) groups excluding carboxylic acids is 1. The highest BCUT2D eigenvalue weighted by Gasteiger charge is 2.15. The molecule has 2 aromatic carbocycles. The number of nitrogen functional groups attached to an aromatic ring is 1. The van der Waals surface area contributed by atoms with Crippen LogP contribution in [-0.4, -0.2) is 11.0 Å². The lowest BCUT2D eigenvalue weighted by molar-refractivity contribution is 0.102. The topological polar surface area (TPSA) is 75.3 Å². The average Bonchev–Trinajstić information content (AvgIpc) is 2.36. The van der Waals surface area contributed by atoms with Crippen molar-refractivity contribution in [1.29, 1.82) is 0 Å². The van der Waals surface area contributed by atoms with Gasteiger partial charge >= 0.3 is 0 Å². The molecular formula is C14H12Br2N2O2. The molecule has 0 fully saturated rings. The van der Waals surface area contributed by atoms with Gasteiger partial charge in [-0.15, -0.1) is 0 Å². The van der Waals surface area contributed by atoms with E-state index in [0.717, 1.165) is 5.56 Å². The number of carbonyl (C=O) groups is 1. The number of hydrogen-bond acceptors (Lipinski definition) is 3. The van der Waals surface area contributed by atoms with E-state index in [2.05, 4.69) is 37.2 Å². The molecular weight excluding hydrogens is 388 g/mol. The van der Waals surface area contributed by atoms with Gasteiger partial charge < -0.3 is 16.2 Å². The number of anilines is 2. The molecule has 2 aromatic rings. The molecule has 0 radical (unpaired) electrons. The molecule has 20 heavy (non-hydrogen) atoms. The van der Waals surface area contributed by atoms with E-state index in [-0.39, 0.29) is 11.3 Å². The minimum Gasteiger partial charge on any atom is -0.507 e. The molecule has 0 saturated carbocycles. The number of amides is 1. The van der Waals surface area contributed by atoms with Crippen molar-refractivity contribution in [3.05, 3.63) is 50.4 Å². The Morgan fingerprint density at radius 3 is 2.60 bits per heavy atom. The molecule has 0 bridgehead atoms. The first-order chi connectivity index (χ1) is 9.38. The summed E-state index contributed by atoms with van der Waals surface area (Å²) in [4.78, 5) is 12.2. The van der Waals surface area contributed by atoms with Crippen molar-refractivity contribution in [2.75, 3.05) is 11.1 Å². The van der Waals surface area contributed by atoms with Crippen LogP contribution in [-0.2, 0) is 0 Å². The van der Waals surface area contributed by atoms with Crippen LogP contribution in [0.3, 0.4) is 0 Å². The fraction of sp³-hybridized carbons (Fsp3) is 0.0714. The number of nitrogens with two attached hydrogens (primary N) is 1. The van der Waals surface area contributed by atoms with Gasteiger partial charge in [0.15, 0.2) is 0 Å². The SMILES string of the molecule is Cc1cc(N)c(NC(=O)c2cc(Br)ccc2O)c(Br)c1. The second-order valence-corrected chi connectivity index (χ2v) is 6.10. The number of hydrogen-bond donors (Lipinski definition) is 3. The Morgan fingerprint density at radius 2 is 1.95 bits per heavy atom. The molecule has 4 nitrogen and oxygen atoms in total. The molecule has 0 aromatic heterocycles. The van der Waals surface area contributed by atoms with E-state index in [4.69, 9.17) is 5.73 Å². The maximum Gasteiger partial charge on any atom is 0.259 e. The third kappa shape index (κ3) is 3.13. The maximum atomic E-state index is 12.2. The second-order valence-electron chi connectivity index (χ2n) is 4.33. The summed E-state index contributed by atoms with van der Waals surface area (Å²) in [6.07, 6.45) is 0. The molecule has 0 saturated heterocycles. The molecule has 0 unspecified atom stereocenters. The summed E-state index contributed by atoms with van der Waals surface area (Å²) in [5, 5.41) is 12.4. The van der Waals surface area contributed by atoms with Gasteiger partial charge in [-0.3, -0.25) is 4.79 Å². The molecule has 0 aliphatic rings. The lowest BCUT2D eigenvalue weighted by Crippen LogP contribution is -2.14. The first-order valence-electron chi connectivity index (χ1n) is 5.74. The van der Waals surface area contributed by atoms with Gasteiger partial charge in [-0.1, -0.05) is 15.9 Å². The monoisotopic (exact) mass is 398 g/mol. The van der Waals surface area contributed by atoms with Crippen molar-refractivity contribution in [2.45, 2.75) is 6.92 Å². The Bertz CT molecular complexity index is 664. The van der Waals surface area contributed by atoms with Crippen molar-refractivity contribution in [3.8, 4) is 5.75 Å². The summed E-state index contributed by atoms with van der Waals surface area (Å²) < 4.78 is 1.40. The van der Waals surface area contributed by atoms with Gasteiger partial charge in [-0.25, -0.2) is 0 Å². The fourth-order valence-electron chi connectivity index (χ4n) is 1.77. The third-order valence-electron chi connectivity index (χ3n) is 2.71. The highest BCUT2D eigenvalue weighted by molar-refractivity contribution is 9.10. The lowest BCUT2D eigenvalue weighted by Gasteiger charge is -2.12. The summed E-state index contributed by atoms with van der Waals surface area (Å²) in [5.41, 5.74) is 8.00. The summed E-state index contributed by atoms with van der Waals surface area (Å²) in [6.45, 7) is 1.91. The van der Waals surface area contributed by atoms with E-state index >= 15 is 0 Å². The van der Waals surface area contributed by atoms with Gasteiger partial charge in [-0.2, -0.15) is 0 Å². The largest absolute Gasteiger partial charge is 0.507 e. The van der Waals surface area contributed by atoms with Gasteiger partial charge in [-0.05, 0) is 58.7 Å². The molecule has 104 valence electrons. The minimum absolute atomic E-state index is 0.0903. The van der Waals surface area contributed by atoms with Crippen molar-refractivity contribution < 1.29 is 9.90 Å². The number of aryl methyl sites for hydroxylation is 1. The van der Waals surface area contributed by atoms with E-state index in [1.54, 1.807) is 18.2 Å². The number of phenols is 1. The number of phenolic OH excluding ortho intramolecular Hbond substituents is 1. The molecule has 0 heterocycles. The first kappa shape index (κ1) is 14.9. The summed E-state index contributed by atoms with van der Waals surface area (Å²) >= 11 is 6.63. The quantitative estimate of drug-likeness (QED) is 0.666. The molecule has 6 heteroatoms. The van der Waals surface area contributed by atoms with Crippen LogP contribution in [0.25, 0.3) is 0 Å². The normalized spacial score (nSPS) is 10.3. The maximum absolute atomic E-state index is 12.2. The van der Waals surface area contributed by atoms with Crippen molar-refractivity contribution in [2.24, 2.45) is 0 Å². The Morgan fingerprint density at radius 1 is 1.25 bits per heavy atom. The molecule has 0 aliphatic carbocycles.